The molecule has 0 aromatic carbocycles. The summed E-state index contributed by atoms with van der Waals surface area (Å²) < 4.78 is 4.99. The van der Waals surface area contributed by atoms with Crippen molar-refractivity contribution in [3.63, 3.8) is 0 Å². The molecular weight excluding hydrogens is 248 g/mol. The quantitative estimate of drug-likeness (QED) is 0.663. The molecule has 110 valence electrons. The highest BCUT2D eigenvalue weighted by Gasteiger charge is 2.32. The minimum atomic E-state index is -0.850. The second-order valence-electron chi connectivity index (χ2n) is 4.93. The Morgan fingerprint density at radius 3 is 2.63 bits per heavy atom. The summed E-state index contributed by atoms with van der Waals surface area (Å²) in [6, 6.07) is 0.117. The SMILES string of the molecule is CCCC(CNC(=O)N(CCOC)C1CC1)C(=O)O. The molecule has 0 aromatic heterocycles. The van der Waals surface area contributed by atoms with Gasteiger partial charge in [-0.2, -0.15) is 0 Å². The zero-order valence-electron chi connectivity index (χ0n) is 11.7. The Morgan fingerprint density at radius 2 is 2.16 bits per heavy atom. The van der Waals surface area contributed by atoms with Gasteiger partial charge in [0.2, 0.25) is 0 Å². The zero-order chi connectivity index (χ0) is 14.3. The summed E-state index contributed by atoms with van der Waals surface area (Å²) in [5.41, 5.74) is 0. The molecule has 1 aliphatic rings. The molecular formula is C13H24N2O4. The number of carbonyl (C=O) groups is 2. The van der Waals surface area contributed by atoms with Crippen molar-refractivity contribution in [2.24, 2.45) is 5.92 Å². The van der Waals surface area contributed by atoms with E-state index in [1.54, 1.807) is 12.0 Å². The van der Waals surface area contributed by atoms with Gasteiger partial charge in [-0.25, -0.2) is 4.79 Å². The number of carboxylic acids is 1. The molecule has 0 saturated heterocycles. The average molecular weight is 272 g/mol. The lowest BCUT2D eigenvalue weighted by atomic mass is 10.0. The predicted molar refractivity (Wildman–Crippen MR) is 71.0 cm³/mol. The van der Waals surface area contributed by atoms with Crippen molar-refractivity contribution in [3.05, 3.63) is 0 Å². The van der Waals surface area contributed by atoms with Gasteiger partial charge in [0, 0.05) is 26.2 Å². The fourth-order valence-corrected chi connectivity index (χ4v) is 2.00. The molecule has 0 radical (unpaired) electrons. The van der Waals surface area contributed by atoms with Crippen molar-refractivity contribution in [1.82, 2.24) is 10.2 Å². The zero-order valence-corrected chi connectivity index (χ0v) is 11.7. The van der Waals surface area contributed by atoms with Gasteiger partial charge in [-0.3, -0.25) is 4.79 Å². The van der Waals surface area contributed by atoms with Gasteiger partial charge in [-0.1, -0.05) is 13.3 Å². The summed E-state index contributed by atoms with van der Waals surface area (Å²) in [7, 11) is 1.60. The Morgan fingerprint density at radius 1 is 1.47 bits per heavy atom. The van der Waals surface area contributed by atoms with E-state index < -0.39 is 11.9 Å². The van der Waals surface area contributed by atoms with Crippen LogP contribution in [-0.2, 0) is 9.53 Å². The van der Waals surface area contributed by atoms with Gasteiger partial charge in [-0.05, 0) is 19.3 Å². The van der Waals surface area contributed by atoms with E-state index in [0.29, 0.717) is 25.6 Å². The van der Waals surface area contributed by atoms with Crippen LogP contribution in [0.1, 0.15) is 32.6 Å². The van der Waals surface area contributed by atoms with Crippen LogP contribution in [0.5, 0.6) is 0 Å². The molecule has 19 heavy (non-hydrogen) atoms. The summed E-state index contributed by atoms with van der Waals surface area (Å²) in [5, 5.41) is 11.8. The Balaban J connectivity index is 2.40. The van der Waals surface area contributed by atoms with Crippen molar-refractivity contribution >= 4 is 12.0 Å². The van der Waals surface area contributed by atoms with E-state index >= 15 is 0 Å². The smallest absolute Gasteiger partial charge is 0.317 e. The summed E-state index contributed by atoms with van der Waals surface area (Å²) in [4.78, 5) is 24.8. The summed E-state index contributed by atoms with van der Waals surface area (Å²) >= 11 is 0. The highest BCUT2D eigenvalue weighted by molar-refractivity contribution is 5.76. The first-order valence-electron chi connectivity index (χ1n) is 6.86. The number of aliphatic carboxylic acids is 1. The molecule has 6 nitrogen and oxygen atoms in total. The number of nitrogens with zero attached hydrogens (tertiary/aromatic N) is 1. The van der Waals surface area contributed by atoms with Gasteiger partial charge in [0.1, 0.15) is 0 Å². The molecule has 0 aliphatic heterocycles. The van der Waals surface area contributed by atoms with Crippen LogP contribution in [0, 0.1) is 5.92 Å². The molecule has 0 aromatic rings. The van der Waals surface area contributed by atoms with E-state index in [0.717, 1.165) is 19.3 Å². The standard InChI is InChI=1S/C13H24N2O4/c1-3-4-10(12(16)17)9-14-13(18)15(7-8-19-2)11-5-6-11/h10-11H,3-9H2,1-2H3,(H,14,18)(H,16,17). The van der Waals surface area contributed by atoms with Gasteiger partial charge in [-0.15, -0.1) is 0 Å². The van der Waals surface area contributed by atoms with Crippen molar-refractivity contribution in [3.8, 4) is 0 Å². The molecule has 1 saturated carbocycles. The molecule has 1 rings (SSSR count). The fraction of sp³-hybridized carbons (Fsp3) is 0.846. The maximum atomic E-state index is 12.0. The summed E-state index contributed by atoms with van der Waals surface area (Å²) in [6.45, 7) is 3.19. The number of ether oxygens (including phenoxy) is 1. The lowest BCUT2D eigenvalue weighted by Gasteiger charge is -2.23. The number of amides is 2. The van der Waals surface area contributed by atoms with Gasteiger partial charge < -0.3 is 20.1 Å². The number of carbonyl (C=O) groups excluding carboxylic acids is 1. The number of hydrogen-bond donors (Lipinski definition) is 2. The first-order valence-corrected chi connectivity index (χ1v) is 6.86. The highest BCUT2D eigenvalue weighted by Crippen LogP contribution is 2.26. The topological polar surface area (TPSA) is 78.9 Å². The lowest BCUT2D eigenvalue weighted by Crippen LogP contribution is -2.45. The largest absolute Gasteiger partial charge is 0.481 e. The molecule has 0 bridgehead atoms. The van der Waals surface area contributed by atoms with Crippen LogP contribution >= 0.6 is 0 Å². The number of urea groups is 1. The van der Waals surface area contributed by atoms with Crippen molar-refractivity contribution in [2.45, 2.75) is 38.6 Å². The first kappa shape index (κ1) is 15.8. The van der Waals surface area contributed by atoms with Crippen molar-refractivity contribution < 1.29 is 19.4 Å². The third-order valence-electron chi connectivity index (χ3n) is 3.27. The van der Waals surface area contributed by atoms with Gasteiger partial charge in [0.05, 0.1) is 12.5 Å². The first-order chi connectivity index (χ1) is 9.10. The number of carboxylic acid groups (broad SMARTS) is 1. The van der Waals surface area contributed by atoms with E-state index in [-0.39, 0.29) is 12.6 Å². The van der Waals surface area contributed by atoms with E-state index in [1.165, 1.54) is 0 Å². The van der Waals surface area contributed by atoms with Gasteiger partial charge in [0.25, 0.3) is 0 Å². The molecule has 1 fully saturated rings. The van der Waals surface area contributed by atoms with E-state index in [2.05, 4.69) is 5.32 Å². The third-order valence-corrected chi connectivity index (χ3v) is 3.27. The van der Waals surface area contributed by atoms with Crippen LogP contribution in [0.4, 0.5) is 4.79 Å². The average Bonchev–Trinajstić information content (AvgIpc) is 3.19. The lowest BCUT2D eigenvalue weighted by molar-refractivity contribution is -0.141. The van der Waals surface area contributed by atoms with Crippen molar-refractivity contribution in [1.29, 1.82) is 0 Å². The van der Waals surface area contributed by atoms with Crippen LogP contribution in [0.25, 0.3) is 0 Å². The van der Waals surface area contributed by atoms with Crippen LogP contribution < -0.4 is 5.32 Å². The number of methoxy groups -OCH3 is 1. The van der Waals surface area contributed by atoms with E-state index in [9.17, 15) is 9.59 Å². The Labute approximate surface area is 114 Å². The molecule has 6 heteroatoms. The molecule has 2 amide bonds. The maximum Gasteiger partial charge on any atom is 0.317 e. The molecule has 0 heterocycles. The normalized spacial score (nSPS) is 15.9. The predicted octanol–water partition coefficient (Wildman–Crippen LogP) is 1.31. The molecule has 2 N–H and O–H groups in total. The third kappa shape index (κ3) is 5.46. The summed E-state index contributed by atoms with van der Waals surface area (Å²) in [6.07, 6.45) is 3.42. The second-order valence-corrected chi connectivity index (χ2v) is 4.93. The number of hydrogen-bond acceptors (Lipinski definition) is 3. The van der Waals surface area contributed by atoms with Gasteiger partial charge >= 0.3 is 12.0 Å². The van der Waals surface area contributed by atoms with Crippen molar-refractivity contribution in [2.75, 3.05) is 26.8 Å². The van der Waals surface area contributed by atoms with E-state index in [1.807, 2.05) is 6.92 Å². The monoisotopic (exact) mass is 272 g/mol. The molecule has 1 atom stereocenters. The summed E-state index contributed by atoms with van der Waals surface area (Å²) in [5.74, 6) is -1.35. The van der Waals surface area contributed by atoms with Crippen LogP contribution in [0.3, 0.4) is 0 Å². The Bertz CT molecular complexity index is 305. The second kappa shape index (κ2) is 7.99. The van der Waals surface area contributed by atoms with Crippen LogP contribution in [0.2, 0.25) is 0 Å². The molecule has 1 unspecified atom stereocenters. The fourth-order valence-electron chi connectivity index (χ4n) is 2.00. The highest BCUT2D eigenvalue weighted by atomic mass is 16.5. The minimum Gasteiger partial charge on any atom is -0.481 e. The van der Waals surface area contributed by atoms with E-state index in [4.69, 9.17) is 9.84 Å². The van der Waals surface area contributed by atoms with Crippen LogP contribution in [-0.4, -0.2) is 54.9 Å². The maximum absolute atomic E-state index is 12.0. The minimum absolute atomic E-state index is 0.179. The molecule has 0 spiro atoms. The Kier molecular flexibility index (Phi) is 6.62. The van der Waals surface area contributed by atoms with Gasteiger partial charge in [0.15, 0.2) is 0 Å². The van der Waals surface area contributed by atoms with Crippen LogP contribution in [0.15, 0.2) is 0 Å². The number of nitrogens with one attached hydrogen (secondary N) is 1. The number of rotatable bonds is 9. The molecule has 1 aliphatic carbocycles. The Hall–Kier alpha value is -1.30.